The predicted molar refractivity (Wildman–Crippen MR) is 72.6 cm³/mol. The number of rotatable bonds is 5. The Morgan fingerprint density at radius 3 is 2.50 bits per heavy atom. The molecule has 2 aromatic rings. The molecule has 6 nitrogen and oxygen atoms in total. The highest BCUT2D eigenvalue weighted by Gasteiger charge is 2.08. The van der Waals surface area contributed by atoms with Crippen LogP contribution in [-0.4, -0.2) is 33.3 Å². The van der Waals surface area contributed by atoms with Gasteiger partial charge in [0.15, 0.2) is 0 Å². The summed E-state index contributed by atoms with van der Waals surface area (Å²) >= 11 is 0. The molecular weight excluding hydrogens is 258 g/mol. The van der Waals surface area contributed by atoms with Gasteiger partial charge in [-0.15, -0.1) is 0 Å². The van der Waals surface area contributed by atoms with Crippen molar-refractivity contribution >= 4 is 11.9 Å². The van der Waals surface area contributed by atoms with Crippen LogP contribution in [0, 0.1) is 0 Å². The minimum Gasteiger partial charge on any atom is -0.478 e. The molecule has 0 aliphatic rings. The highest BCUT2D eigenvalue weighted by molar-refractivity contribution is 5.92. The lowest BCUT2D eigenvalue weighted by Gasteiger charge is -2.06. The van der Waals surface area contributed by atoms with Gasteiger partial charge in [-0.05, 0) is 30.2 Å². The summed E-state index contributed by atoms with van der Waals surface area (Å²) in [5, 5.41) is 15.5. The van der Waals surface area contributed by atoms with E-state index in [-0.39, 0.29) is 11.5 Å². The standard InChI is InChI=1S/C14H15N3O3/c1-17-12(7-9-16-17)13(18)15-8-6-10-2-4-11(5-3-10)14(19)20/h2-5,7,9H,6,8H2,1H3,(H,15,18)(H,19,20). The van der Waals surface area contributed by atoms with E-state index in [0.717, 1.165) is 5.56 Å². The maximum atomic E-state index is 11.8. The molecule has 0 aliphatic carbocycles. The molecule has 104 valence electrons. The summed E-state index contributed by atoms with van der Waals surface area (Å²) in [6.45, 7) is 0.483. The van der Waals surface area contributed by atoms with E-state index in [1.807, 2.05) is 0 Å². The second-order valence-corrected chi connectivity index (χ2v) is 4.35. The SMILES string of the molecule is Cn1nccc1C(=O)NCCc1ccc(C(=O)O)cc1. The topological polar surface area (TPSA) is 84.2 Å². The Labute approximate surface area is 116 Å². The van der Waals surface area contributed by atoms with Gasteiger partial charge in [0.05, 0.1) is 5.56 Å². The van der Waals surface area contributed by atoms with Crippen LogP contribution in [0.25, 0.3) is 0 Å². The van der Waals surface area contributed by atoms with Crippen LogP contribution in [0.3, 0.4) is 0 Å². The van der Waals surface area contributed by atoms with Crippen LogP contribution < -0.4 is 5.32 Å². The molecule has 2 N–H and O–H groups in total. The number of carboxylic acids is 1. The van der Waals surface area contributed by atoms with Crippen LogP contribution in [0.1, 0.15) is 26.4 Å². The normalized spacial score (nSPS) is 10.2. The quantitative estimate of drug-likeness (QED) is 0.854. The minimum atomic E-state index is -0.943. The zero-order valence-corrected chi connectivity index (χ0v) is 11.0. The van der Waals surface area contributed by atoms with Gasteiger partial charge in [-0.1, -0.05) is 12.1 Å². The fourth-order valence-corrected chi connectivity index (χ4v) is 1.82. The second kappa shape index (κ2) is 6.01. The van der Waals surface area contributed by atoms with E-state index in [4.69, 9.17) is 5.11 Å². The molecule has 2 rings (SSSR count). The number of amides is 1. The largest absolute Gasteiger partial charge is 0.478 e. The summed E-state index contributed by atoms with van der Waals surface area (Å²) in [6.07, 6.45) is 2.21. The summed E-state index contributed by atoms with van der Waals surface area (Å²) in [4.78, 5) is 22.5. The molecule has 6 heteroatoms. The van der Waals surface area contributed by atoms with Crippen LogP contribution in [0.2, 0.25) is 0 Å². The van der Waals surface area contributed by atoms with E-state index in [1.54, 1.807) is 43.6 Å². The Balaban J connectivity index is 1.85. The molecule has 1 aromatic heterocycles. The van der Waals surface area contributed by atoms with Gasteiger partial charge in [0.2, 0.25) is 0 Å². The number of carboxylic acid groups (broad SMARTS) is 1. The maximum absolute atomic E-state index is 11.8. The van der Waals surface area contributed by atoms with Crippen molar-refractivity contribution in [2.24, 2.45) is 7.05 Å². The van der Waals surface area contributed by atoms with E-state index >= 15 is 0 Å². The number of carbonyl (C=O) groups is 2. The van der Waals surface area contributed by atoms with E-state index in [9.17, 15) is 9.59 Å². The molecule has 0 spiro atoms. The third-order valence-electron chi connectivity index (χ3n) is 2.95. The zero-order chi connectivity index (χ0) is 14.5. The summed E-state index contributed by atoms with van der Waals surface area (Å²) in [6, 6.07) is 8.26. The number of aryl methyl sites for hydroxylation is 1. The van der Waals surface area contributed by atoms with Gasteiger partial charge in [-0.25, -0.2) is 4.79 Å². The number of carbonyl (C=O) groups excluding carboxylic acids is 1. The summed E-state index contributed by atoms with van der Waals surface area (Å²) < 4.78 is 1.51. The number of nitrogens with zero attached hydrogens (tertiary/aromatic N) is 2. The van der Waals surface area contributed by atoms with Gasteiger partial charge in [0, 0.05) is 19.8 Å². The van der Waals surface area contributed by atoms with Gasteiger partial charge in [0.25, 0.3) is 5.91 Å². The third-order valence-corrected chi connectivity index (χ3v) is 2.95. The molecule has 0 atom stereocenters. The molecule has 1 heterocycles. The first kappa shape index (κ1) is 13.8. The van der Waals surface area contributed by atoms with E-state index in [1.165, 1.54) is 4.68 Å². The molecule has 0 saturated heterocycles. The average Bonchev–Trinajstić information content (AvgIpc) is 2.85. The van der Waals surface area contributed by atoms with E-state index in [2.05, 4.69) is 10.4 Å². The molecule has 0 unspecified atom stereocenters. The molecule has 0 radical (unpaired) electrons. The smallest absolute Gasteiger partial charge is 0.335 e. The first-order valence-electron chi connectivity index (χ1n) is 6.16. The fraction of sp³-hybridized carbons (Fsp3) is 0.214. The fourth-order valence-electron chi connectivity index (χ4n) is 1.82. The van der Waals surface area contributed by atoms with Crippen molar-refractivity contribution in [3.05, 3.63) is 53.3 Å². The van der Waals surface area contributed by atoms with Crippen LogP contribution in [0.15, 0.2) is 36.5 Å². The van der Waals surface area contributed by atoms with Crippen molar-refractivity contribution in [1.29, 1.82) is 0 Å². The molecule has 0 fully saturated rings. The molecule has 0 aliphatic heterocycles. The van der Waals surface area contributed by atoms with Gasteiger partial charge < -0.3 is 10.4 Å². The Morgan fingerprint density at radius 2 is 1.95 bits per heavy atom. The van der Waals surface area contributed by atoms with Crippen LogP contribution in [0.5, 0.6) is 0 Å². The molecule has 0 saturated carbocycles. The van der Waals surface area contributed by atoms with Crippen molar-refractivity contribution in [1.82, 2.24) is 15.1 Å². The Morgan fingerprint density at radius 1 is 1.25 bits per heavy atom. The number of aromatic nitrogens is 2. The summed E-state index contributed by atoms with van der Waals surface area (Å²) in [5.41, 5.74) is 1.74. The highest BCUT2D eigenvalue weighted by atomic mass is 16.4. The second-order valence-electron chi connectivity index (χ2n) is 4.35. The van der Waals surface area contributed by atoms with Crippen molar-refractivity contribution in [2.75, 3.05) is 6.54 Å². The van der Waals surface area contributed by atoms with Crippen molar-refractivity contribution in [3.8, 4) is 0 Å². The number of aromatic carboxylic acids is 1. The van der Waals surface area contributed by atoms with Gasteiger partial charge in [-0.3, -0.25) is 9.48 Å². The van der Waals surface area contributed by atoms with Crippen molar-refractivity contribution < 1.29 is 14.7 Å². The average molecular weight is 273 g/mol. The number of hydrogen-bond acceptors (Lipinski definition) is 3. The van der Waals surface area contributed by atoms with Crippen molar-refractivity contribution in [3.63, 3.8) is 0 Å². The van der Waals surface area contributed by atoms with Gasteiger partial charge >= 0.3 is 5.97 Å². The molecule has 20 heavy (non-hydrogen) atoms. The van der Waals surface area contributed by atoms with E-state index < -0.39 is 5.97 Å². The Hall–Kier alpha value is -2.63. The molecular formula is C14H15N3O3. The summed E-state index contributed by atoms with van der Waals surface area (Å²) in [5.74, 6) is -1.12. The van der Waals surface area contributed by atoms with E-state index in [0.29, 0.717) is 18.7 Å². The van der Waals surface area contributed by atoms with Gasteiger partial charge in [-0.2, -0.15) is 5.10 Å². The highest BCUT2D eigenvalue weighted by Crippen LogP contribution is 2.05. The number of hydrogen-bond donors (Lipinski definition) is 2. The Kier molecular flexibility index (Phi) is 4.14. The summed E-state index contributed by atoms with van der Waals surface area (Å²) in [7, 11) is 1.71. The van der Waals surface area contributed by atoms with Gasteiger partial charge in [0.1, 0.15) is 5.69 Å². The van der Waals surface area contributed by atoms with Crippen LogP contribution >= 0.6 is 0 Å². The lowest BCUT2D eigenvalue weighted by molar-refractivity contribution is 0.0696. The first-order chi connectivity index (χ1) is 9.58. The monoisotopic (exact) mass is 273 g/mol. The lowest BCUT2D eigenvalue weighted by atomic mass is 10.1. The predicted octanol–water partition coefficient (Wildman–Crippen LogP) is 1.09. The lowest BCUT2D eigenvalue weighted by Crippen LogP contribution is -2.27. The Bertz CT molecular complexity index is 617. The zero-order valence-electron chi connectivity index (χ0n) is 11.0. The molecule has 1 aromatic carbocycles. The third kappa shape index (κ3) is 3.23. The minimum absolute atomic E-state index is 0.174. The van der Waals surface area contributed by atoms with Crippen molar-refractivity contribution in [2.45, 2.75) is 6.42 Å². The van der Waals surface area contributed by atoms with Crippen LogP contribution in [0.4, 0.5) is 0 Å². The van der Waals surface area contributed by atoms with Crippen LogP contribution in [-0.2, 0) is 13.5 Å². The maximum Gasteiger partial charge on any atom is 0.335 e. The number of nitrogens with one attached hydrogen (secondary N) is 1. The molecule has 1 amide bonds. The number of benzene rings is 1. The first-order valence-corrected chi connectivity index (χ1v) is 6.16. The molecule has 0 bridgehead atoms.